The SMILES string of the molecule is CC(C)C[C@H](NC(=O)OC(C)(C)C)C(=S)N[C@@H](C[C@@H]1CCNC1=O)C(=O)c1nc2ccccc2s1. The van der Waals surface area contributed by atoms with Crippen molar-refractivity contribution in [3.8, 4) is 0 Å². The van der Waals surface area contributed by atoms with Crippen LogP contribution in [0, 0.1) is 11.8 Å². The number of hydrogen-bond acceptors (Lipinski definition) is 7. The van der Waals surface area contributed by atoms with Crippen molar-refractivity contribution in [2.45, 2.75) is 71.6 Å². The predicted molar refractivity (Wildman–Crippen MR) is 142 cm³/mol. The second-order valence-corrected chi connectivity index (χ2v) is 11.7. The normalized spacial score (nSPS) is 17.7. The average Bonchev–Trinajstić information content (AvgIpc) is 3.36. The van der Waals surface area contributed by atoms with Crippen LogP contribution in [0.5, 0.6) is 0 Å². The Bertz CT molecular complexity index is 1060. The first kappa shape index (κ1) is 27.0. The number of Topliss-reactive ketones (excluding diaryl/α,β-unsaturated/α-hetero) is 1. The molecule has 35 heavy (non-hydrogen) atoms. The summed E-state index contributed by atoms with van der Waals surface area (Å²) in [6.07, 6.45) is 0.942. The zero-order valence-corrected chi connectivity index (χ0v) is 22.5. The largest absolute Gasteiger partial charge is 0.444 e. The van der Waals surface area contributed by atoms with E-state index in [9.17, 15) is 14.4 Å². The van der Waals surface area contributed by atoms with Gasteiger partial charge in [-0.3, -0.25) is 9.59 Å². The molecule has 1 aliphatic rings. The van der Waals surface area contributed by atoms with E-state index in [2.05, 4.69) is 20.9 Å². The fourth-order valence-corrected chi connectivity index (χ4v) is 5.20. The van der Waals surface area contributed by atoms with E-state index < -0.39 is 23.8 Å². The summed E-state index contributed by atoms with van der Waals surface area (Å²) in [5, 5.41) is 9.22. The molecule has 1 aromatic heterocycles. The molecule has 3 rings (SSSR count). The highest BCUT2D eigenvalue weighted by molar-refractivity contribution is 7.80. The standard InChI is InChI=1S/C25H34N4O4S2/c1-14(2)12-18(29-24(32)33-25(3,4)5)22(34)27-17(13-15-10-11-26-21(15)31)20(30)23-28-16-8-6-7-9-19(16)35-23/h6-9,14-15,17-18H,10-13H2,1-5H3,(H,26,31)(H,27,34)(H,29,32)/t15-,17-,18-/m0/s1. The van der Waals surface area contributed by atoms with Crippen LogP contribution in [0.1, 0.15) is 63.7 Å². The zero-order chi connectivity index (χ0) is 25.8. The minimum absolute atomic E-state index is 0.0644. The number of aromatic nitrogens is 1. The molecule has 1 aromatic carbocycles. The lowest BCUT2D eigenvalue weighted by Gasteiger charge is -2.28. The van der Waals surface area contributed by atoms with Crippen LogP contribution in [0.15, 0.2) is 24.3 Å². The summed E-state index contributed by atoms with van der Waals surface area (Å²) in [7, 11) is 0. The van der Waals surface area contributed by atoms with Gasteiger partial charge in [-0.15, -0.1) is 11.3 Å². The van der Waals surface area contributed by atoms with Gasteiger partial charge < -0.3 is 20.7 Å². The van der Waals surface area contributed by atoms with Crippen molar-refractivity contribution in [1.29, 1.82) is 0 Å². The quantitative estimate of drug-likeness (QED) is 0.337. The third kappa shape index (κ3) is 7.70. The molecule has 3 atom stereocenters. The molecule has 1 aliphatic heterocycles. The van der Waals surface area contributed by atoms with Gasteiger partial charge in [-0.2, -0.15) is 0 Å². The first-order valence-electron chi connectivity index (χ1n) is 11.9. The maximum Gasteiger partial charge on any atom is 0.408 e. The Morgan fingerprint density at radius 3 is 2.54 bits per heavy atom. The number of amides is 2. The molecule has 10 heteroatoms. The number of nitrogens with zero attached hydrogens (tertiary/aromatic N) is 1. The van der Waals surface area contributed by atoms with Gasteiger partial charge in [0.05, 0.1) is 27.3 Å². The van der Waals surface area contributed by atoms with Crippen molar-refractivity contribution < 1.29 is 19.1 Å². The van der Waals surface area contributed by atoms with E-state index in [-0.39, 0.29) is 23.5 Å². The molecule has 8 nitrogen and oxygen atoms in total. The summed E-state index contributed by atoms with van der Waals surface area (Å²) in [6, 6.07) is 6.30. The van der Waals surface area contributed by atoms with Gasteiger partial charge in [-0.25, -0.2) is 9.78 Å². The Morgan fingerprint density at radius 1 is 1.23 bits per heavy atom. The minimum Gasteiger partial charge on any atom is -0.444 e. The fraction of sp³-hybridized carbons (Fsp3) is 0.560. The summed E-state index contributed by atoms with van der Waals surface area (Å²) in [4.78, 5) is 43.2. The third-order valence-electron chi connectivity index (χ3n) is 5.54. The van der Waals surface area contributed by atoms with Gasteiger partial charge in [-0.1, -0.05) is 38.2 Å². The second-order valence-electron chi connectivity index (χ2n) is 10.3. The molecule has 0 aliphatic carbocycles. The molecule has 3 N–H and O–H groups in total. The van der Waals surface area contributed by atoms with Crippen LogP contribution >= 0.6 is 23.6 Å². The Balaban J connectivity index is 1.82. The molecule has 2 amide bonds. The highest BCUT2D eigenvalue weighted by atomic mass is 32.1. The number of thiocarbonyl (C=S) groups is 1. The van der Waals surface area contributed by atoms with E-state index in [1.807, 2.05) is 38.1 Å². The molecule has 0 spiro atoms. The Labute approximate surface area is 215 Å². The lowest BCUT2D eigenvalue weighted by atomic mass is 9.95. The van der Waals surface area contributed by atoms with Crippen LogP contribution in [0.3, 0.4) is 0 Å². The molecule has 0 radical (unpaired) electrons. The Kier molecular flexibility index (Phi) is 8.82. The molecule has 0 saturated carbocycles. The van der Waals surface area contributed by atoms with Gasteiger partial charge in [0, 0.05) is 12.5 Å². The van der Waals surface area contributed by atoms with Crippen LogP contribution in [0.25, 0.3) is 10.2 Å². The Morgan fingerprint density at radius 2 is 1.94 bits per heavy atom. The number of ketones is 1. The van der Waals surface area contributed by atoms with Gasteiger partial charge in [0.1, 0.15) is 5.60 Å². The zero-order valence-electron chi connectivity index (χ0n) is 20.8. The number of thiazole rings is 1. The van der Waals surface area contributed by atoms with E-state index >= 15 is 0 Å². The van der Waals surface area contributed by atoms with E-state index in [0.717, 1.165) is 10.2 Å². The number of fused-ring (bicyclic) bond motifs is 1. The fourth-order valence-electron chi connectivity index (χ4n) is 3.94. The molecule has 1 saturated heterocycles. The second kappa shape index (κ2) is 11.4. The first-order valence-corrected chi connectivity index (χ1v) is 13.1. The van der Waals surface area contributed by atoms with Gasteiger partial charge >= 0.3 is 6.09 Å². The van der Waals surface area contributed by atoms with Gasteiger partial charge in [0.2, 0.25) is 11.7 Å². The number of hydrogen-bond donors (Lipinski definition) is 3. The topological polar surface area (TPSA) is 109 Å². The van der Waals surface area contributed by atoms with Crippen molar-refractivity contribution in [3.63, 3.8) is 0 Å². The van der Waals surface area contributed by atoms with Gasteiger partial charge in [0.15, 0.2) is 5.01 Å². The number of rotatable bonds is 9. The van der Waals surface area contributed by atoms with Crippen LogP contribution in [0.2, 0.25) is 0 Å². The molecule has 1 fully saturated rings. The summed E-state index contributed by atoms with van der Waals surface area (Å²) in [5.74, 6) is -0.344. The maximum absolute atomic E-state index is 13.6. The molecule has 2 aromatic rings. The maximum atomic E-state index is 13.6. The van der Waals surface area contributed by atoms with E-state index in [1.165, 1.54) is 11.3 Å². The van der Waals surface area contributed by atoms with E-state index in [0.29, 0.717) is 35.8 Å². The molecule has 0 unspecified atom stereocenters. The first-order chi connectivity index (χ1) is 16.4. The van der Waals surface area contributed by atoms with Gasteiger partial charge in [-0.05, 0) is 58.1 Å². The smallest absolute Gasteiger partial charge is 0.408 e. The minimum atomic E-state index is -0.744. The van der Waals surface area contributed by atoms with E-state index in [1.54, 1.807) is 20.8 Å². The number of alkyl carbamates (subject to hydrolysis) is 1. The van der Waals surface area contributed by atoms with Crippen LogP contribution < -0.4 is 16.0 Å². The number of ether oxygens (including phenoxy) is 1. The number of carbonyl (C=O) groups excluding carboxylic acids is 3. The highest BCUT2D eigenvalue weighted by Gasteiger charge is 2.34. The van der Waals surface area contributed by atoms with Crippen molar-refractivity contribution in [2.24, 2.45) is 11.8 Å². The summed E-state index contributed by atoms with van der Waals surface area (Å²) >= 11 is 7.00. The number of para-hydroxylation sites is 1. The highest BCUT2D eigenvalue weighted by Crippen LogP contribution is 2.25. The number of benzene rings is 1. The lowest BCUT2D eigenvalue weighted by molar-refractivity contribution is -0.122. The lowest BCUT2D eigenvalue weighted by Crippen LogP contribution is -2.52. The summed E-state index contributed by atoms with van der Waals surface area (Å²) < 4.78 is 6.33. The van der Waals surface area contributed by atoms with Crippen molar-refractivity contribution >= 4 is 56.5 Å². The Hall–Kier alpha value is -2.59. The van der Waals surface area contributed by atoms with Crippen molar-refractivity contribution in [1.82, 2.24) is 20.9 Å². The third-order valence-corrected chi connectivity index (χ3v) is 6.99. The van der Waals surface area contributed by atoms with Crippen LogP contribution in [-0.2, 0) is 9.53 Å². The number of carbonyl (C=O) groups is 3. The molecular weight excluding hydrogens is 484 g/mol. The van der Waals surface area contributed by atoms with Crippen LogP contribution in [0.4, 0.5) is 4.79 Å². The molecule has 2 heterocycles. The summed E-state index contributed by atoms with van der Waals surface area (Å²) in [6.45, 7) is 10.0. The van der Waals surface area contributed by atoms with E-state index in [4.69, 9.17) is 17.0 Å². The predicted octanol–water partition coefficient (Wildman–Crippen LogP) is 4.23. The monoisotopic (exact) mass is 518 g/mol. The molecule has 190 valence electrons. The molecular formula is C25H34N4O4S2. The molecule has 0 bridgehead atoms. The van der Waals surface area contributed by atoms with Crippen molar-refractivity contribution in [2.75, 3.05) is 6.54 Å². The van der Waals surface area contributed by atoms with Crippen molar-refractivity contribution in [3.05, 3.63) is 29.3 Å². The number of nitrogens with one attached hydrogen (secondary N) is 3. The van der Waals surface area contributed by atoms with Gasteiger partial charge in [0.25, 0.3) is 0 Å². The average molecular weight is 519 g/mol. The van der Waals surface area contributed by atoms with Crippen LogP contribution in [-0.4, -0.2) is 52.0 Å². The summed E-state index contributed by atoms with van der Waals surface area (Å²) in [5.41, 5.74) is 0.105.